The molecule has 0 unspecified atom stereocenters. The zero-order valence-electron chi connectivity index (χ0n) is 8.29. The van der Waals surface area contributed by atoms with E-state index in [1.54, 1.807) is 0 Å². The summed E-state index contributed by atoms with van der Waals surface area (Å²) < 4.78 is 11.0. The van der Waals surface area contributed by atoms with E-state index in [9.17, 15) is 0 Å². The van der Waals surface area contributed by atoms with E-state index in [2.05, 4.69) is 5.32 Å². The highest BCUT2D eigenvalue weighted by atomic mass is 16.5. The number of hydrogen-bond donors (Lipinski definition) is 1. The maximum absolute atomic E-state index is 5.48. The summed E-state index contributed by atoms with van der Waals surface area (Å²) in [6, 6.07) is 0.529. The molecule has 2 fully saturated rings. The van der Waals surface area contributed by atoms with Gasteiger partial charge in [0.25, 0.3) is 0 Å². The second-order valence-corrected chi connectivity index (χ2v) is 4.00. The van der Waals surface area contributed by atoms with Gasteiger partial charge >= 0.3 is 0 Å². The highest BCUT2D eigenvalue weighted by molar-refractivity contribution is 4.88. The van der Waals surface area contributed by atoms with E-state index in [-0.39, 0.29) is 0 Å². The summed E-state index contributed by atoms with van der Waals surface area (Å²) >= 11 is 0. The standard InChI is InChI=1S/C10H19NO2/c1-12-10-4-2-3-8(10)9-7-13-6-5-11-9/h8-11H,2-7H2,1H3/t8-,9-,10-/m1/s1. The Labute approximate surface area is 79.8 Å². The molecule has 2 aliphatic rings. The van der Waals surface area contributed by atoms with Crippen molar-refractivity contribution in [1.82, 2.24) is 5.32 Å². The molecule has 3 atom stereocenters. The van der Waals surface area contributed by atoms with Crippen LogP contribution in [0.5, 0.6) is 0 Å². The van der Waals surface area contributed by atoms with Crippen LogP contribution >= 0.6 is 0 Å². The molecule has 76 valence electrons. The van der Waals surface area contributed by atoms with Crippen molar-refractivity contribution in [3.05, 3.63) is 0 Å². The first kappa shape index (κ1) is 9.44. The fourth-order valence-corrected chi connectivity index (χ4v) is 2.57. The summed E-state index contributed by atoms with van der Waals surface area (Å²) in [5.41, 5.74) is 0. The smallest absolute Gasteiger partial charge is 0.0623 e. The molecular weight excluding hydrogens is 166 g/mol. The second kappa shape index (κ2) is 4.40. The molecule has 0 amide bonds. The lowest BCUT2D eigenvalue weighted by Gasteiger charge is -2.31. The average molecular weight is 185 g/mol. The fourth-order valence-electron chi connectivity index (χ4n) is 2.57. The normalized spacial score (nSPS) is 40.8. The van der Waals surface area contributed by atoms with Gasteiger partial charge in [0.15, 0.2) is 0 Å². The third-order valence-electron chi connectivity index (χ3n) is 3.27. The van der Waals surface area contributed by atoms with Crippen LogP contribution in [0.25, 0.3) is 0 Å². The van der Waals surface area contributed by atoms with E-state index >= 15 is 0 Å². The molecule has 0 radical (unpaired) electrons. The van der Waals surface area contributed by atoms with Crippen LogP contribution in [0, 0.1) is 5.92 Å². The van der Waals surface area contributed by atoms with Gasteiger partial charge in [0, 0.05) is 25.6 Å². The number of hydrogen-bond acceptors (Lipinski definition) is 3. The number of ether oxygens (including phenoxy) is 2. The van der Waals surface area contributed by atoms with Crippen molar-refractivity contribution in [2.24, 2.45) is 5.92 Å². The van der Waals surface area contributed by atoms with Crippen LogP contribution in [0.4, 0.5) is 0 Å². The minimum Gasteiger partial charge on any atom is -0.381 e. The van der Waals surface area contributed by atoms with E-state index in [1.165, 1.54) is 19.3 Å². The maximum atomic E-state index is 5.48. The van der Waals surface area contributed by atoms with Crippen LogP contribution < -0.4 is 5.32 Å². The van der Waals surface area contributed by atoms with E-state index in [0.29, 0.717) is 18.1 Å². The lowest BCUT2D eigenvalue weighted by atomic mass is 9.96. The Balaban J connectivity index is 1.90. The highest BCUT2D eigenvalue weighted by Gasteiger charge is 2.34. The molecule has 1 saturated carbocycles. The summed E-state index contributed by atoms with van der Waals surface area (Å²) in [4.78, 5) is 0. The fraction of sp³-hybridized carbons (Fsp3) is 1.00. The molecular formula is C10H19NO2. The molecule has 1 aliphatic carbocycles. The van der Waals surface area contributed by atoms with Crippen LogP contribution in [0.1, 0.15) is 19.3 Å². The molecule has 13 heavy (non-hydrogen) atoms. The first-order chi connectivity index (χ1) is 6.42. The van der Waals surface area contributed by atoms with Crippen LogP contribution in [0.3, 0.4) is 0 Å². The number of morpholine rings is 1. The van der Waals surface area contributed by atoms with E-state index < -0.39 is 0 Å². The summed E-state index contributed by atoms with van der Waals surface area (Å²) in [7, 11) is 1.83. The van der Waals surface area contributed by atoms with Crippen molar-refractivity contribution in [3.63, 3.8) is 0 Å². The van der Waals surface area contributed by atoms with Gasteiger partial charge in [-0.1, -0.05) is 6.42 Å². The lowest BCUT2D eigenvalue weighted by molar-refractivity contribution is 0.00767. The topological polar surface area (TPSA) is 30.5 Å². The molecule has 0 spiro atoms. The molecule has 1 N–H and O–H groups in total. The SMILES string of the molecule is CO[C@@H]1CCC[C@@H]1[C@H]1COCCN1. The number of rotatable bonds is 2. The Kier molecular flexibility index (Phi) is 3.19. The van der Waals surface area contributed by atoms with Gasteiger partial charge in [0.1, 0.15) is 0 Å². The molecule has 3 nitrogen and oxygen atoms in total. The van der Waals surface area contributed by atoms with E-state index in [4.69, 9.17) is 9.47 Å². The van der Waals surface area contributed by atoms with Crippen molar-refractivity contribution in [2.45, 2.75) is 31.4 Å². The molecule has 1 heterocycles. The predicted molar refractivity (Wildman–Crippen MR) is 50.7 cm³/mol. The molecule has 0 aromatic carbocycles. The Hall–Kier alpha value is -0.120. The van der Waals surface area contributed by atoms with Gasteiger partial charge in [-0.05, 0) is 12.8 Å². The monoisotopic (exact) mass is 185 g/mol. The quantitative estimate of drug-likeness (QED) is 0.690. The lowest BCUT2D eigenvalue weighted by Crippen LogP contribution is -2.48. The van der Waals surface area contributed by atoms with Gasteiger partial charge in [-0.3, -0.25) is 0 Å². The van der Waals surface area contributed by atoms with Crippen LogP contribution in [-0.2, 0) is 9.47 Å². The van der Waals surface area contributed by atoms with Crippen molar-refractivity contribution in [2.75, 3.05) is 26.9 Å². The van der Waals surface area contributed by atoms with Crippen LogP contribution in [-0.4, -0.2) is 39.0 Å². The summed E-state index contributed by atoms with van der Waals surface area (Å²) in [6.07, 6.45) is 4.28. The molecule has 2 rings (SSSR count). The van der Waals surface area contributed by atoms with Crippen molar-refractivity contribution in [3.8, 4) is 0 Å². The van der Waals surface area contributed by atoms with E-state index in [1.807, 2.05) is 7.11 Å². The molecule has 0 aromatic rings. The third kappa shape index (κ3) is 2.03. The van der Waals surface area contributed by atoms with Gasteiger partial charge in [-0.2, -0.15) is 0 Å². The third-order valence-corrected chi connectivity index (χ3v) is 3.27. The minimum absolute atomic E-state index is 0.458. The molecule has 0 aromatic heterocycles. The van der Waals surface area contributed by atoms with Gasteiger partial charge in [-0.25, -0.2) is 0 Å². The molecule has 0 bridgehead atoms. The van der Waals surface area contributed by atoms with Gasteiger partial charge in [-0.15, -0.1) is 0 Å². The zero-order valence-corrected chi connectivity index (χ0v) is 8.29. The average Bonchev–Trinajstić information content (AvgIpc) is 2.67. The highest BCUT2D eigenvalue weighted by Crippen LogP contribution is 2.31. The zero-order chi connectivity index (χ0) is 9.10. The predicted octanol–water partition coefficient (Wildman–Crippen LogP) is 0.790. The minimum atomic E-state index is 0.458. The van der Waals surface area contributed by atoms with Gasteiger partial charge in [0.2, 0.25) is 0 Å². The van der Waals surface area contributed by atoms with Gasteiger partial charge < -0.3 is 14.8 Å². The first-order valence-electron chi connectivity index (χ1n) is 5.25. The number of methoxy groups -OCH3 is 1. The first-order valence-corrected chi connectivity index (χ1v) is 5.25. The summed E-state index contributed by atoms with van der Waals surface area (Å²) in [6.45, 7) is 2.73. The molecule has 3 heteroatoms. The van der Waals surface area contributed by atoms with Crippen LogP contribution in [0.2, 0.25) is 0 Å². The van der Waals surface area contributed by atoms with Crippen molar-refractivity contribution in [1.29, 1.82) is 0 Å². The summed E-state index contributed by atoms with van der Waals surface area (Å²) in [5, 5.41) is 3.52. The van der Waals surface area contributed by atoms with Crippen molar-refractivity contribution < 1.29 is 9.47 Å². The van der Waals surface area contributed by atoms with Crippen LogP contribution in [0.15, 0.2) is 0 Å². The maximum Gasteiger partial charge on any atom is 0.0623 e. The molecule has 1 saturated heterocycles. The Morgan fingerprint density at radius 2 is 2.31 bits per heavy atom. The Morgan fingerprint density at radius 3 is 3.00 bits per heavy atom. The Bertz CT molecular complexity index is 157. The molecule has 1 aliphatic heterocycles. The Morgan fingerprint density at radius 1 is 1.38 bits per heavy atom. The van der Waals surface area contributed by atoms with Gasteiger partial charge in [0.05, 0.1) is 19.3 Å². The summed E-state index contributed by atoms with van der Waals surface area (Å²) in [5.74, 6) is 0.672. The number of nitrogens with one attached hydrogen (secondary N) is 1. The van der Waals surface area contributed by atoms with Crippen molar-refractivity contribution >= 4 is 0 Å². The van der Waals surface area contributed by atoms with E-state index in [0.717, 1.165) is 19.8 Å². The second-order valence-electron chi connectivity index (χ2n) is 4.00. The largest absolute Gasteiger partial charge is 0.381 e.